The number of hydrazine groups is 1. The summed E-state index contributed by atoms with van der Waals surface area (Å²) < 4.78 is 73.3. The molecule has 0 saturated carbocycles. The Morgan fingerprint density at radius 1 is 1.20 bits per heavy atom. The maximum Gasteiger partial charge on any atom is 0.314 e. The third kappa shape index (κ3) is 6.36. The van der Waals surface area contributed by atoms with Crippen molar-refractivity contribution in [1.82, 2.24) is 20.1 Å². The number of aromatic hydroxyl groups is 1. The first-order valence-electron chi connectivity index (χ1n) is 15.7. The maximum atomic E-state index is 16.0. The molecule has 4 heterocycles. The van der Waals surface area contributed by atoms with E-state index in [0.717, 1.165) is 23.6 Å². The van der Waals surface area contributed by atoms with Crippen LogP contribution in [0.2, 0.25) is 0 Å². The second kappa shape index (κ2) is 14.0. The van der Waals surface area contributed by atoms with Crippen LogP contribution in [0.5, 0.6) is 5.75 Å². The highest BCUT2D eigenvalue weighted by atomic mass is 32.2. The fourth-order valence-electron chi connectivity index (χ4n) is 6.23. The predicted octanol–water partition coefficient (Wildman–Crippen LogP) is 6.67. The molecule has 16 heteroatoms. The number of aromatic amines is 1. The highest BCUT2D eigenvalue weighted by Gasteiger charge is 2.35. The number of rotatable bonds is 12. The molecule has 1 saturated heterocycles. The minimum absolute atomic E-state index is 0.000416. The van der Waals surface area contributed by atoms with Gasteiger partial charge in [-0.1, -0.05) is 31.0 Å². The number of alkyl halides is 1. The largest absolute Gasteiger partial charge is 0.507 e. The number of nitrogens with one attached hydrogen (secondary N) is 1. The summed E-state index contributed by atoms with van der Waals surface area (Å²) in [7, 11) is 0. The van der Waals surface area contributed by atoms with E-state index in [9.17, 15) is 33.0 Å². The minimum Gasteiger partial charge on any atom is -0.507 e. The number of carbonyl (C=O) groups is 2. The zero-order valence-electron chi connectivity index (χ0n) is 26.8. The molecule has 2 aromatic carbocycles. The second-order valence-electron chi connectivity index (χ2n) is 12.0. The second-order valence-corrected chi connectivity index (χ2v) is 12.8. The summed E-state index contributed by atoms with van der Waals surface area (Å²) in [4.78, 5) is 33.2. The maximum absolute atomic E-state index is 16.0. The fourth-order valence-corrected chi connectivity index (χ4v) is 6.88. The number of halogens is 3. The van der Waals surface area contributed by atoms with Crippen molar-refractivity contribution < 1.29 is 46.3 Å². The fraction of sp³-hybridized carbons (Fsp3) is 0.294. The third-order valence-electron chi connectivity index (χ3n) is 8.74. The number of benzene rings is 2. The predicted molar refractivity (Wildman–Crippen MR) is 177 cm³/mol. The number of unbranched alkanes of at least 4 members (excludes halogenated alkanes) is 1. The molecule has 2 unspecified atom stereocenters. The van der Waals surface area contributed by atoms with Crippen LogP contribution < -0.4 is 4.41 Å². The highest BCUT2D eigenvalue weighted by molar-refractivity contribution is 7.80. The summed E-state index contributed by atoms with van der Waals surface area (Å²) in [5.41, 5.74) is 0.392. The van der Waals surface area contributed by atoms with E-state index in [1.165, 1.54) is 18.5 Å². The molecular weight excluding hydrogens is 679 g/mol. The van der Waals surface area contributed by atoms with Crippen molar-refractivity contribution in [2.75, 3.05) is 17.5 Å². The van der Waals surface area contributed by atoms with Crippen LogP contribution >= 0.6 is 0 Å². The molecule has 0 radical (unpaired) electrons. The summed E-state index contributed by atoms with van der Waals surface area (Å²) in [5, 5.41) is 26.2. The minimum atomic E-state index is -2.86. The van der Waals surface area contributed by atoms with Crippen molar-refractivity contribution in [3.63, 3.8) is 0 Å². The number of hydrogen-bond acceptors (Lipinski definition) is 8. The van der Waals surface area contributed by atoms with Gasteiger partial charge in [0.2, 0.25) is 5.78 Å². The van der Waals surface area contributed by atoms with Crippen molar-refractivity contribution in [2.45, 2.75) is 51.6 Å². The molecule has 6 rings (SSSR count). The lowest BCUT2D eigenvalue weighted by molar-refractivity contribution is -0.139. The van der Waals surface area contributed by atoms with Crippen LogP contribution in [0.25, 0.3) is 33.3 Å². The number of carbonyl (C=O) groups excluding carboxylic acids is 1. The SMILES string of the molecule is CCCCC(C(=O)O)c1onc(C)c1-c1cc(-c2cnc3[nH]cc(C(=O)c4c(F)ccc(N(N5CC[C@@H](F)C5)S(=O)O)c4F)c3c2)ccc1O. The first kappa shape index (κ1) is 34.8. The zero-order chi connectivity index (χ0) is 35.9. The highest BCUT2D eigenvalue weighted by Crippen LogP contribution is 2.41. The summed E-state index contributed by atoms with van der Waals surface area (Å²) in [6.07, 6.45) is 3.13. The molecule has 12 nitrogen and oxygen atoms in total. The Balaban J connectivity index is 1.40. The number of hydrogen-bond donors (Lipinski definition) is 4. The Morgan fingerprint density at radius 2 is 1.98 bits per heavy atom. The van der Waals surface area contributed by atoms with Crippen LogP contribution in [-0.4, -0.2) is 70.1 Å². The molecule has 0 bridgehead atoms. The van der Waals surface area contributed by atoms with E-state index in [2.05, 4.69) is 15.1 Å². The van der Waals surface area contributed by atoms with Gasteiger partial charge in [0.25, 0.3) is 11.3 Å². The van der Waals surface area contributed by atoms with E-state index in [1.807, 2.05) is 6.92 Å². The number of ketones is 1. The number of aliphatic carboxylic acids is 1. The van der Waals surface area contributed by atoms with Crippen LogP contribution in [-0.2, 0) is 16.1 Å². The number of aromatic nitrogens is 3. The quantitative estimate of drug-likeness (QED) is 0.0809. The lowest BCUT2D eigenvalue weighted by atomic mass is 9.91. The van der Waals surface area contributed by atoms with Crippen molar-refractivity contribution in [1.29, 1.82) is 0 Å². The van der Waals surface area contributed by atoms with Crippen LogP contribution in [0.4, 0.5) is 18.9 Å². The third-order valence-corrected chi connectivity index (χ3v) is 9.47. The average Bonchev–Trinajstić information content (AvgIpc) is 3.80. The van der Waals surface area contributed by atoms with Gasteiger partial charge in [-0.3, -0.25) is 14.1 Å². The van der Waals surface area contributed by atoms with Gasteiger partial charge in [0.15, 0.2) is 11.6 Å². The van der Waals surface area contributed by atoms with Gasteiger partial charge in [-0.15, -0.1) is 0 Å². The van der Waals surface area contributed by atoms with E-state index >= 15 is 8.78 Å². The van der Waals surface area contributed by atoms with Gasteiger partial charge in [-0.2, -0.15) is 4.41 Å². The molecule has 3 aromatic heterocycles. The number of carboxylic acids is 1. The number of H-pyrrole nitrogens is 1. The number of pyridine rings is 1. The van der Waals surface area contributed by atoms with Crippen LogP contribution in [0.15, 0.2) is 53.3 Å². The molecule has 262 valence electrons. The number of carboxylic acid groups (broad SMARTS) is 1. The van der Waals surface area contributed by atoms with Gasteiger partial charge < -0.3 is 19.7 Å². The monoisotopic (exact) mass is 711 g/mol. The molecule has 0 spiro atoms. The van der Waals surface area contributed by atoms with E-state index in [-0.39, 0.29) is 53.2 Å². The van der Waals surface area contributed by atoms with Gasteiger partial charge in [0.05, 0.1) is 23.4 Å². The summed E-state index contributed by atoms with van der Waals surface area (Å²) in [5.74, 6) is -5.85. The molecule has 0 amide bonds. The molecule has 50 heavy (non-hydrogen) atoms. The van der Waals surface area contributed by atoms with Gasteiger partial charge in [-0.05, 0) is 55.7 Å². The average molecular weight is 712 g/mol. The Bertz CT molecular complexity index is 2140. The number of phenolic OH excluding ortho intramolecular Hbond substituents is 1. The summed E-state index contributed by atoms with van der Waals surface area (Å²) in [6.45, 7) is 3.28. The lowest BCUT2D eigenvalue weighted by Gasteiger charge is -2.29. The Hall–Kier alpha value is -5.06. The normalized spacial score (nSPS) is 16.2. The molecule has 5 aromatic rings. The molecule has 1 aliphatic heterocycles. The number of aryl methyl sites for hydroxylation is 1. The molecule has 1 aliphatic rings. The van der Waals surface area contributed by atoms with E-state index in [0.29, 0.717) is 39.6 Å². The Morgan fingerprint density at radius 3 is 2.66 bits per heavy atom. The molecule has 1 fully saturated rings. The van der Waals surface area contributed by atoms with Crippen LogP contribution in [0, 0.1) is 18.6 Å². The molecule has 4 N–H and O–H groups in total. The van der Waals surface area contributed by atoms with Gasteiger partial charge >= 0.3 is 5.97 Å². The van der Waals surface area contributed by atoms with Crippen LogP contribution in [0.1, 0.15) is 65.9 Å². The number of fused-ring (bicyclic) bond motifs is 1. The number of anilines is 1. The van der Waals surface area contributed by atoms with Crippen molar-refractivity contribution in [3.05, 3.63) is 83.0 Å². The summed E-state index contributed by atoms with van der Waals surface area (Å²) >= 11 is -2.86. The van der Waals surface area contributed by atoms with Crippen molar-refractivity contribution in [3.8, 4) is 28.0 Å². The lowest BCUT2D eigenvalue weighted by Crippen LogP contribution is -2.43. The Kier molecular flexibility index (Phi) is 9.78. The smallest absolute Gasteiger partial charge is 0.314 e. The van der Waals surface area contributed by atoms with E-state index < -0.39 is 58.0 Å². The molecule has 3 atom stereocenters. The van der Waals surface area contributed by atoms with Gasteiger partial charge in [0.1, 0.15) is 35.0 Å². The van der Waals surface area contributed by atoms with E-state index in [1.54, 1.807) is 25.1 Å². The standard InChI is InChI=1S/C34H32F3N5O7S/c1-3-4-5-21(34(45)46)32-28(17(2)40-49-32)23-12-18(6-9-27(23)43)19-13-22-24(15-39-33(22)38-14-19)31(44)29-25(36)7-8-26(30(29)37)42(50(47)48)41-11-10-20(35)16-41/h6-9,12-15,20-21,43H,3-5,10-11,16H2,1-2H3,(H,38,39)(H,45,46)(H,47,48)/t20-,21?/m1/s1. The topological polar surface area (TPSA) is 173 Å². The van der Waals surface area contributed by atoms with Crippen LogP contribution in [0.3, 0.4) is 0 Å². The zero-order valence-corrected chi connectivity index (χ0v) is 27.6. The van der Waals surface area contributed by atoms with Crippen molar-refractivity contribution >= 4 is 39.7 Å². The van der Waals surface area contributed by atoms with Crippen molar-refractivity contribution in [2.24, 2.45) is 0 Å². The Labute approximate surface area is 285 Å². The number of phenols is 1. The van der Waals surface area contributed by atoms with E-state index in [4.69, 9.17) is 4.52 Å². The van der Waals surface area contributed by atoms with Gasteiger partial charge in [0, 0.05) is 41.0 Å². The molecule has 0 aliphatic carbocycles. The first-order chi connectivity index (χ1) is 23.9. The summed E-state index contributed by atoms with van der Waals surface area (Å²) in [6, 6.07) is 7.85. The number of nitrogens with zero attached hydrogens (tertiary/aromatic N) is 4. The van der Waals surface area contributed by atoms with Gasteiger partial charge in [-0.25, -0.2) is 27.4 Å². The first-order valence-corrected chi connectivity index (χ1v) is 16.8. The molecular formula is C34H32F3N5O7S.